The van der Waals surface area contributed by atoms with Crippen molar-refractivity contribution in [2.24, 2.45) is 0 Å². The van der Waals surface area contributed by atoms with Gasteiger partial charge in [0.25, 0.3) is 5.69 Å². The predicted octanol–water partition coefficient (Wildman–Crippen LogP) is 2.51. The van der Waals surface area contributed by atoms with E-state index in [0.29, 0.717) is 16.1 Å². The molecule has 5 nitrogen and oxygen atoms in total. The lowest BCUT2D eigenvalue weighted by atomic mass is 10.1. The van der Waals surface area contributed by atoms with Crippen molar-refractivity contribution in [3.05, 3.63) is 59.8 Å². The molecular formula is C15H12N2O3S2. The molecule has 0 saturated carbocycles. The number of sulfone groups is 1. The summed E-state index contributed by atoms with van der Waals surface area (Å²) in [5, 5.41) is 12.0. The Morgan fingerprint density at radius 1 is 1.00 bits per heavy atom. The third-order valence-corrected chi connectivity index (χ3v) is 5.17. The minimum Gasteiger partial charge on any atom is -0.593 e. The van der Waals surface area contributed by atoms with E-state index < -0.39 is 9.84 Å². The van der Waals surface area contributed by atoms with Crippen molar-refractivity contribution in [2.75, 3.05) is 6.26 Å². The number of benzene rings is 2. The van der Waals surface area contributed by atoms with E-state index in [1.165, 1.54) is 12.1 Å². The van der Waals surface area contributed by atoms with Gasteiger partial charge in [0.15, 0.2) is 9.84 Å². The Morgan fingerprint density at radius 2 is 1.64 bits per heavy atom. The first kappa shape index (κ1) is 14.7. The maximum Gasteiger partial charge on any atom is 0.272 e. The Hall–Kier alpha value is -2.25. The van der Waals surface area contributed by atoms with E-state index in [2.05, 4.69) is 4.49 Å². The van der Waals surface area contributed by atoms with Gasteiger partial charge in [-0.3, -0.25) is 0 Å². The summed E-state index contributed by atoms with van der Waals surface area (Å²) in [5.74, 6) is 0. The molecule has 22 heavy (non-hydrogen) atoms. The molecule has 0 radical (unpaired) electrons. The van der Waals surface area contributed by atoms with Gasteiger partial charge in [0.2, 0.25) is 0 Å². The maximum atomic E-state index is 12.0. The third kappa shape index (κ3) is 2.72. The lowest BCUT2D eigenvalue weighted by molar-refractivity contribution is -0.649. The van der Waals surface area contributed by atoms with Crippen LogP contribution in [-0.2, 0) is 9.84 Å². The zero-order valence-electron chi connectivity index (χ0n) is 11.6. The number of rotatable bonds is 3. The summed E-state index contributed by atoms with van der Waals surface area (Å²) in [4.78, 5) is 1.54. The molecule has 3 rings (SSSR count). The van der Waals surface area contributed by atoms with Gasteiger partial charge in [0, 0.05) is 23.4 Å². The van der Waals surface area contributed by atoms with Crippen LogP contribution >= 0.6 is 11.5 Å². The topological polar surface area (TPSA) is 74.0 Å². The van der Waals surface area contributed by atoms with Crippen molar-refractivity contribution in [3.63, 3.8) is 0 Å². The van der Waals surface area contributed by atoms with Gasteiger partial charge < -0.3 is 5.21 Å². The van der Waals surface area contributed by atoms with Gasteiger partial charge in [-0.15, -0.1) is 0 Å². The molecular weight excluding hydrogens is 320 g/mol. The second-order valence-corrected chi connectivity index (χ2v) is 7.56. The first-order valence-corrected chi connectivity index (χ1v) is 9.09. The molecule has 0 aliphatic heterocycles. The van der Waals surface area contributed by atoms with Crippen LogP contribution in [-0.4, -0.2) is 19.2 Å². The molecule has 0 spiro atoms. The van der Waals surface area contributed by atoms with Crippen LogP contribution in [0.5, 0.6) is 0 Å². The van der Waals surface area contributed by atoms with Crippen molar-refractivity contribution in [1.29, 1.82) is 0 Å². The standard InChI is InChI=1S/C15H12N2O3S2/c1-22(19,20)13-9-7-11(8-10-13)14-15(21-16-17(14)18)12-5-3-2-4-6-12/h2-10H,1H3. The Kier molecular flexibility index (Phi) is 3.67. The van der Waals surface area contributed by atoms with Crippen LogP contribution in [0.4, 0.5) is 0 Å². The van der Waals surface area contributed by atoms with Crippen LogP contribution < -0.4 is 4.85 Å². The lowest BCUT2D eigenvalue weighted by Crippen LogP contribution is -2.29. The van der Waals surface area contributed by atoms with Gasteiger partial charge >= 0.3 is 0 Å². The molecule has 112 valence electrons. The smallest absolute Gasteiger partial charge is 0.272 e. The second-order valence-electron chi connectivity index (χ2n) is 4.79. The number of hydrogen-bond donors (Lipinski definition) is 0. The van der Waals surface area contributed by atoms with E-state index in [4.69, 9.17) is 0 Å². The van der Waals surface area contributed by atoms with Gasteiger partial charge in [0.05, 0.1) is 14.9 Å². The van der Waals surface area contributed by atoms with Gasteiger partial charge in [-0.1, -0.05) is 30.3 Å². The molecule has 7 heteroatoms. The molecule has 0 aliphatic rings. The molecule has 0 aliphatic carbocycles. The summed E-state index contributed by atoms with van der Waals surface area (Å²) in [7, 11) is -3.26. The van der Waals surface area contributed by atoms with E-state index in [1.807, 2.05) is 30.3 Å². The van der Waals surface area contributed by atoms with Crippen LogP contribution in [0.15, 0.2) is 59.5 Å². The summed E-state index contributed by atoms with van der Waals surface area (Å²) in [5.41, 5.74) is 1.96. The Balaban J connectivity index is 2.12. The zero-order chi connectivity index (χ0) is 15.7. The fourth-order valence-electron chi connectivity index (χ4n) is 2.13. The van der Waals surface area contributed by atoms with Crippen molar-refractivity contribution < 1.29 is 13.3 Å². The fourth-order valence-corrected chi connectivity index (χ4v) is 3.52. The quantitative estimate of drug-likeness (QED) is 0.545. The third-order valence-electron chi connectivity index (χ3n) is 3.20. The second kappa shape index (κ2) is 5.51. The highest BCUT2D eigenvalue weighted by molar-refractivity contribution is 7.90. The highest BCUT2D eigenvalue weighted by Crippen LogP contribution is 2.32. The number of nitrogens with zero attached hydrogens (tertiary/aromatic N) is 2. The maximum absolute atomic E-state index is 12.0. The van der Waals surface area contributed by atoms with Gasteiger partial charge in [-0.25, -0.2) is 8.42 Å². The lowest BCUT2D eigenvalue weighted by Gasteiger charge is -2.02. The number of hydrogen-bond acceptors (Lipinski definition) is 5. The predicted molar refractivity (Wildman–Crippen MR) is 85.1 cm³/mol. The summed E-state index contributed by atoms with van der Waals surface area (Å²) in [6, 6.07) is 15.7. The Bertz CT molecular complexity index is 902. The average Bonchev–Trinajstić information content (AvgIpc) is 2.89. The molecule has 0 fully saturated rings. The summed E-state index contributed by atoms with van der Waals surface area (Å²) in [6.07, 6.45) is 1.15. The molecule has 1 aromatic heterocycles. The first-order valence-electron chi connectivity index (χ1n) is 6.42. The van der Waals surface area contributed by atoms with Crippen molar-refractivity contribution in [3.8, 4) is 21.7 Å². The van der Waals surface area contributed by atoms with Crippen molar-refractivity contribution >= 4 is 21.4 Å². The highest BCUT2D eigenvalue weighted by atomic mass is 32.2. The van der Waals surface area contributed by atoms with Crippen LogP contribution in [0.3, 0.4) is 0 Å². The molecule has 0 amide bonds. The normalized spacial score (nSPS) is 11.5. The molecule has 2 aromatic carbocycles. The van der Waals surface area contributed by atoms with Crippen LogP contribution in [0.25, 0.3) is 21.7 Å². The minimum absolute atomic E-state index is 0.221. The van der Waals surface area contributed by atoms with Crippen LogP contribution in [0.1, 0.15) is 0 Å². The molecule has 0 unspecified atom stereocenters. The highest BCUT2D eigenvalue weighted by Gasteiger charge is 2.22. The monoisotopic (exact) mass is 332 g/mol. The van der Waals surface area contributed by atoms with E-state index in [1.54, 1.807) is 12.1 Å². The van der Waals surface area contributed by atoms with E-state index in [-0.39, 0.29) is 4.90 Å². The van der Waals surface area contributed by atoms with Crippen molar-refractivity contribution in [2.45, 2.75) is 4.90 Å². The zero-order valence-corrected chi connectivity index (χ0v) is 13.3. The largest absolute Gasteiger partial charge is 0.593 e. The van der Waals surface area contributed by atoms with E-state index in [0.717, 1.165) is 28.2 Å². The van der Waals surface area contributed by atoms with Crippen molar-refractivity contribution in [1.82, 2.24) is 4.49 Å². The summed E-state index contributed by atoms with van der Waals surface area (Å²) in [6.45, 7) is 0. The van der Waals surface area contributed by atoms with Gasteiger partial charge in [-0.05, 0) is 29.1 Å². The summed E-state index contributed by atoms with van der Waals surface area (Å²) < 4.78 is 26.8. The van der Waals surface area contributed by atoms with Gasteiger partial charge in [-0.2, -0.15) is 0 Å². The van der Waals surface area contributed by atoms with Crippen LogP contribution in [0, 0.1) is 5.21 Å². The van der Waals surface area contributed by atoms with Gasteiger partial charge in [0.1, 0.15) is 4.88 Å². The average molecular weight is 332 g/mol. The van der Waals surface area contributed by atoms with Crippen LogP contribution in [0.2, 0.25) is 0 Å². The molecule has 0 bridgehead atoms. The Morgan fingerprint density at radius 3 is 2.23 bits per heavy atom. The Labute approximate surface area is 132 Å². The van der Waals surface area contributed by atoms with E-state index in [9.17, 15) is 13.6 Å². The summed E-state index contributed by atoms with van der Waals surface area (Å²) >= 11 is 1.12. The number of aromatic nitrogens is 2. The molecule has 0 saturated heterocycles. The minimum atomic E-state index is -3.26. The molecule has 0 N–H and O–H groups in total. The SMILES string of the molecule is CS(=O)(=O)c1ccc(-c2c(-c3ccccc3)sn[n+]2[O-])cc1. The van der Waals surface area contributed by atoms with E-state index >= 15 is 0 Å². The fraction of sp³-hybridized carbons (Fsp3) is 0.0667. The molecule has 3 aromatic rings. The molecule has 1 heterocycles. The molecule has 0 atom stereocenters. The first-order chi connectivity index (χ1) is 10.5.